The molecule has 3 unspecified atom stereocenters. The molecule has 16 heavy (non-hydrogen) atoms. The molecule has 0 bridgehead atoms. The number of hydrogen-bond acceptors (Lipinski definition) is 7. The average Bonchev–Trinajstić information content (AvgIpc) is 2.18. The Morgan fingerprint density at radius 1 is 1.50 bits per heavy atom. The highest BCUT2D eigenvalue weighted by Gasteiger charge is 2.37. The highest BCUT2D eigenvalue weighted by molar-refractivity contribution is 7.80. The summed E-state index contributed by atoms with van der Waals surface area (Å²) in [6, 6.07) is 0. The number of aliphatic hydroxyl groups excluding tert-OH is 1. The standard InChI is InChI=1S/C7H12O8S/c1-13-7(9)5-2-4(8)6(3-14-5)15-16(10,11)12/h4-6,8H,2-3H2,1H3,(H,10,11,12). The van der Waals surface area contributed by atoms with E-state index in [0.717, 1.165) is 0 Å². The summed E-state index contributed by atoms with van der Waals surface area (Å²) in [4.78, 5) is 11.0. The van der Waals surface area contributed by atoms with E-state index in [1.807, 2.05) is 0 Å². The summed E-state index contributed by atoms with van der Waals surface area (Å²) in [5.41, 5.74) is 0. The van der Waals surface area contributed by atoms with Gasteiger partial charge in [-0.05, 0) is 0 Å². The molecule has 1 rings (SSSR count). The van der Waals surface area contributed by atoms with Crippen molar-refractivity contribution in [1.29, 1.82) is 0 Å². The Hall–Kier alpha value is -0.740. The maximum absolute atomic E-state index is 11.0. The number of esters is 1. The number of carbonyl (C=O) groups is 1. The van der Waals surface area contributed by atoms with Gasteiger partial charge in [0.15, 0.2) is 6.10 Å². The van der Waals surface area contributed by atoms with E-state index >= 15 is 0 Å². The molecule has 8 nitrogen and oxygen atoms in total. The lowest BCUT2D eigenvalue weighted by Gasteiger charge is -2.30. The van der Waals surface area contributed by atoms with Crippen molar-refractivity contribution in [2.24, 2.45) is 0 Å². The summed E-state index contributed by atoms with van der Waals surface area (Å²) < 4.78 is 42.7. The minimum Gasteiger partial charge on any atom is -0.467 e. The molecule has 1 saturated heterocycles. The minimum absolute atomic E-state index is 0.160. The van der Waals surface area contributed by atoms with Gasteiger partial charge < -0.3 is 14.6 Å². The second-order valence-electron chi connectivity index (χ2n) is 3.21. The first-order valence-corrected chi connectivity index (χ1v) is 5.73. The van der Waals surface area contributed by atoms with Crippen molar-refractivity contribution in [3.8, 4) is 0 Å². The summed E-state index contributed by atoms with van der Waals surface area (Å²) in [7, 11) is -3.49. The zero-order chi connectivity index (χ0) is 12.3. The molecule has 1 heterocycles. The molecule has 1 fully saturated rings. The largest absolute Gasteiger partial charge is 0.467 e. The second kappa shape index (κ2) is 5.06. The van der Waals surface area contributed by atoms with Crippen LogP contribution >= 0.6 is 0 Å². The molecular formula is C7H12O8S. The number of ether oxygens (including phenoxy) is 2. The maximum atomic E-state index is 11.0. The van der Waals surface area contributed by atoms with E-state index in [9.17, 15) is 18.3 Å². The molecule has 0 spiro atoms. The molecule has 2 N–H and O–H groups in total. The van der Waals surface area contributed by atoms with E-state index in [1.165, 1.54) is 7.11 Å². The SMILES string of the molecule is COC(=O)C1CC(O)C(OS(=O)(=O)O)CO1. The first-order valence-electron chi connectivity index (χ1n) is 4.36. The van der Waals surface area contributed by atoms with Crippen molar-refractivity contribution < 1.29 is 36.5 Å². The minimum atomic E-state index is -4.66. The summed E-state index contributed by atoms with van der Waals surface area (Å²) in [6.45, 7) is -0.333. The zero-order valence-electron chi connectivity index (χ0n) is 8.40. The second-order valence-corrected chi connectivity index (χ2v) is 4.26. The van der Waals surface area contributed by atoms with Crippen LogP contribution in [0.25, 0.3) is 0 Å². The van der Waals surface area contributed by atoms with Gasteiger partial charge in [0, 0.05) is 6.42 Å². The molecule has 0 amide bonds. The van der Waals surface area contributed by atoms with Crippen LogP contribution in [0.3, 0.4) is 0 Å². The number of rotatable bonds is 3. The number of aliphatic hydroxyl groups is 1. The fourth-order valence-corrected chi connectivity index (χ4v) is 1.80. The summed E-state index contributed by atoms with van der Waals surface area (Å²) >= 11 is 0. The van der Waals surface area contributed by atoms with Gasteiger partial charge >= 0.3 is 16.4 Å². The van der Waals surface area contributed by atoms with Crippen LogP contribution < -0.4 is 0 Å². The smallest absolute Gasteiger partial charge is 0.397 e. The van der Waals surface area contributed by atoms with E-state index in [2.05, 4.69) is 8.92 Å². The molecule has 94 valence electrons. The van der Waals surface area contributed by atoms with Gasteiger partial charge in [-0.3, -0.25) is 4.55 Å². The van der Waals surface area contributed by atoms with Gasteiger partial charge in [0.25, 0.3) is 0 Å². The summed E-state index contributed by atoms with van der Waals surface area (Å²) in [6.07, 6.45) is -3.58. The Morgan fingerprint density at radius 3 is 2.56 bits per heavy atom. The van der Waals surface area contributed by atoms with Crippen molar-refractivity contribution in [2.75, 3.05) is 13.7 Å². The molecule has 0 aromatic heterocycles. The highest BCUT2D eigenvalue weighted by Crippen LogP contribution is 2.19. The topological polar surface area (TPSA) is 119 Å². The highest BCUT2D eigenvalue weighted by atomic mass is 32.3. The van der Waals surface area contributed by atoms with E-state index < -0.39 is 34.7 Å². The van der Waals surface area contributed by atoms with Gasteiger partial charge in [0.2, 0.25) is 0 Å². The van der Waals surface area contributed by atoms with Crippen molar-refractivity contribution in [2.45, 2.75) is 24.7 Å². The van der Waals surface area contributed by atoms with Crippen LogP contribution in [0, 0.1) is 0 Å². The Balaban J connectivity index is 2.56. The van der Waals surface area contributed by atoms with Gasteiger partial charge in [-0.15, -0.1) is 0 Å². The molecule has 0 radical (unpaired) electrons. The van der Waals surface area contributed by atoms with E-state index in [4.69, 9.17) is 9.29 Å². The lowest BCUT2D eigenvalue weighted by molar-refractivity contribution is -0.169. The van der Waals surface area contributed by atoms with Gasteiger partial charge in [-0.1, -0.05) is 0 Å². The van der Waals surface area contributed by atoms with Gasteiger partial charge in [-0.2, -0.15) is 8.42 Å². The summed E-state index contributed by atoms with van der Waals surface area (Å²) in [5, 5.41) is 9.46. The summed E-state index contributed by atoms with van der Waals surface area (Å²) in [5.74, 6) is -0.663. The number of carbonyl (C=O) groups excluding carboxylic acids is 1. The first kappa shape index (κ1) is 13.3. The van der Waals surface area contributed by atoms with Crippen LogP contribution in [0.2, 0.25) is 0 Å². The van der Waals surface area contributed by atoms with Crippen LogP contribution in [0.15, 0.2) is 0 Å². The van der Waals surface area contributed by atoms with E-state index in [0.29, 0.717) is 0 Å². The molecule has 0 saturated carbocycles. The molecule has 0 aliphatic carbocycles. The third kappa shape index (κ3) is 3.68. The molecular weight excluding hydrogens is 244 g/mol. The van der Waals surface area contributed by atoms with Gasteiger partial charge in [-0.25, -0.2) is 8.98 Å². The van der Waals surface area contributed by atoms with Crippen molar-refractivity contribution in [1.82, 2.24) is 0 Å². The number of methoxy groups -OCH3 is 1. The monoisotopic (exact) mass is 256 g/mol. The predicted molar refractivity (Wildman–Crippen MR) is 48.8 cm³/mol. The molecule has 0 aromatic rings. The molecule has 1 aliphatic heterocycles. The lowest BCUT2D eigenvalue weighted by Crippen LogP contribution is -2.46. The predicted octanol–water partition coefficient (Wildman–Crippen LogP) is -1.50. The number of hydrogen-bond donors (Lipinski definition) is 2. The van der Waals surface area contributed by atoms with E-state index in [-0.39, 0.29) is 13.0 Å². The zero-order valence-corrected chi connectivity index (χ0v) is 9.21. The quantitative estimate of drug-likeness (QED) is 0.462. The third-order valence-electron chi connectivity index (χ3n) is 2.06. The van der Waals surface area contributed by atoms with Crippen LogP contribution in [-0.4, -0.2) is 56.1 Å². The van der Waals surface area contributed by atoms with Gasteiger partial charge in [0.05, 0.1) is 19.8 Å². The fourth-order valence-electron chi connectivity index (χ4n) is 1.31. The maximum Gasteiger partial charge on any atom is 0.397 e. The van der Waals surface area contributed by atoms with E-state index in [1.54, 1.807) is 0 Å². The molecule has 1 aliphatic rings. The van der Waals surface area contributed by atoms with Crippen LogP contribution in [0.1, 0.15) is 6.42 Å². The Bertz CT molecular complexity index is 349. The Kier molecular flexibility index (Phi) is 4.21. The Labute approximate surface area is 92.1 Å². The molecule has 0 aromatic carbocycles. The van der Waals surface area contributed by atoms with Crippen molar-refractivity contribution >= 4 is 16.4 Å². The van der Waals surface area contributed by atoms with Crippen molar-refractivity contribution in [3.05, 3.63) is 0 Å². The van der Waals surface area contributed by atoms with Crippen LogP contribution in [0.5, 0.6) is 0 Å². The molecule has 9 heteroatoms. The molecule has 3 atom stereocenters. The average molecular weight is 256 g/mol. The third-order valence-corrected chi connectivity index (χ3v) is 2.55. The van der Waals surface area contributed by atoms with Crippen LogP contribution in [-0.2, 0) is 28.9 Å². The lowest BCUT2D eigenvalue weighted by atomic mass is 10.0. The van der Waals surface area contributed by atoms with Crippen molar-refractivity contribution in [3.63, 3.8) is 0 Å². The Morgan fingerprint density at radius 2 is 2.12 bits per heavy atom. The fraction of sp³-hybridized carbons (Fsp3) is 0.857. The first-order chi connectivity index (χ1) is 7.33. The normalized spacial score (nSPS) is 31.1. The van der Waals surface area contributed by atoms with Crippen LogP contribution in [0.4, 0.5) is 0 Å². The van der Waals surface area contributed by atoms with Gasteiger partial charge in [0.1, 0.15) is 6.10 Å².